The monoisotopic (exact) mass is 376 g/mol. The van der Waals surface area contributed by atoms with E-state index in [0.717, 1.165) is 0 Å². The molecule has 3 rings (SSSR count). The molecule has 0 saturated carbocycles. The number of imidazole rings is 1. The number of carbonyl (C=O) groups is 4. The minimum atomic E-state index is -0.886. The van der Waals surface area contributed by atoms with Gasteiger partial charge in [-0.15, -0.1) is 0 Å². The molecule has 3 heterocycles. The van der Waals surface area contributed by atoms with Gasteiger partial charge in [-0.3, -0.25) is 19.2 Å². The van der Waals surface area contributed by atoms with Gasteiger partial charge in [-0.1, -0.05) is 6.92 Å². The molecule has 0 spiro atoms. The highest BCUT2D eigenvalue weighted by Crippen LogP contribution is 2.25. The summed E-state index contributed by atoms with van der Waals surface area (Å²) in [5.41, 5.74) is 6.16. The van der Waals surface area contributed by atoms with Crippen LogP contribution >= 0.6 is 0 Å². The van der Waals surface area contributed by atoms with E-state index in [9.17, 15) is 19.2 Å². The molecule has 4 atom stereocenters. The molecular weight excluding hydrogens is 352 g/mol. The fourth-order valence-corrected chi connectivity index (χ4v) is 3.73. The number of hydrogen-bond acceptors (Lipinski definition) is 5. The molecule has 2 saturated heterocycles. The molecule has 2 fully saturated rings. The molecule has 2 aliphatic rings. The number of nitrogens with zero attached hydrogens (tertiary/aromatic N) is 2. The zero-order valence-electron chi connectivity index (χ0n) is 15.1. The SMILES string of the molecule is CC1CCN(C(=O)C(Cc2cnc[nH]2)NC(=O)C2CCC(=O)N2)C1C(N)=O. The van der Waals surface area contributed by atoms with Crippen LogP contribution in [0.3, 0.4) is 0 Å². The number of aromatic nitrogens is 2. The Labute approximate surface area is 156 Å². The van der Waals surface area contributed by atoms with E-state index in [-0.39, 0.29) is 30.6 Å². The molecule has 0 radical (unpaired) electrons. The molecule has 146 valence electrons. The highest BCUT2D eigenvalue weighted by molar-refractivity contribution is 5.95. The van der Waals surface area contributed by atoms with E-state index in [0.29, 0.717) is 25.1 Å². The van der Waals surface area contributed by atoms with E-state index in [4.69, 9.17) is 5.73 Å². The lowest BCUT2D eigenvalue weighted by Crippen LogP contribution is -2.56. The maximum atomic E-state index is 13.1. The van der Waals surface area contributed by atoms with E-state index in [1.54, 1.807) is 6.20 Å². The first kappa shape index (κ1) is 18.9. The van der Waals surface area contributed by atoms with Crippen LogP contribution in [0.4, 0.5) is 0 Å². The van der Waals surface area contributed by atoms with E-state index in [2.05, 4.69) is 20.6 Å². The van der Waals surface area contributed by atoms with E-state index in [1.165, 1.54) is 11.2 Å². The fourth-order valence-electron chi connectivity index (χ4n) is 3.73. The standard InChI is InChI=1S/C17H24N6O4/c1-9-4-5-23(14(9)15(18)25)17(27)12(6-10-7-19-8-20-10)22-16(26)11-2-3-13(24)21-11/h7-9,11-12,14H,2-6H2,1H3,(H2,18,25)(H,19,20)(H,21,24)(H,22,26). The molecule has 2 aliphatic heterocycles. The molecule has 1 aromatic rings. The summed E-state index contributed by atoms with van der Waals surface area (Å²) in [6.45, 7) is 2.28. The van der Waals surface area contributed by atoms with Crippen molar-refractivity contribution in [3.63, 3.8) is 0 Å². The quantitative estimate of drug-likeness (QED) is 0.473. The molecule has 5 N–H and O–H groups in total. The molecule has 27 heavy (non-hydrogen) atoms. The number of H-pyrrole nitrogens is 1. The number of rotatable bonds is 6. The molecular formula is C17H24N6O4. The Morgan fingerprint density at radius 3 is 2.78 bits per heavy atom. The fraction of sp³-hybridized carbons (Fsp3) is 0.588. The van der Waals surface area contributed by atoms with Crippen LogP contribution in [0.25, 0.3) is 0 Å². The minimum absolute atomic E-state index is 0.0379. The lowest BCUT2D eigenvalue weighted by molar-refractivity contribution is -0.141. The Bertz CT molecular complexity index is 734. The second kappa shape index (κ2) is 7.77. The largest absolute Gasteiger partial charge is 0.368 e. The van der Waals surface area contributed by atoms with Gasteiger partial charge < -0.3 is 26.3 Å². The van der Waals surface area contributed by atoms with Crippen LogP contribution in [0.2, 0.25) is 0 Å². The van der Waals surface area contributed by atoms with Gasteiger partial charge in [0.2, 0.25) is 23.6 Å². The summed E-state index contributed by atoms with van der Waals surface area (Å²) in [7, 11) is 0. The molecule has 0 bridgehead atoms. The van der Waals surface area contributed by atoms with Crippen LogP contribution in [0.1, 0.15) is 31.9 Å². The average Bonchev–Trinajstić information content (AvgIpc) is 3.34. The molecule has 4 unspecified atom stereocenters. The Morgan fingerprint density at radius 1 is 1.41 bits per heavy atom. The maximum absolute atomic E-state index is 13.1. The van der Waals surface area contributed by atoms with Crippen LogP contribution in [0, 0.1) is 5.92 Å². The zero-order valence-corrected chi connectivity index (χ0v) is 15.1. The van der Waals surface area contributed by atoms with Crippen LogP contribution < -0.4 is 16.4 Å². The van der Waals surface area contributed by atoms with E-state index >= 15 is 0 Å². The Morgan fingerprint density at radius 2 is 2.19 bits per heavy atom. The van der Waals surface area contributed by atoms with Gasteiger partial charge >= 0.3 is 0 Å². The van der Waals surface area contributed by atoms with Crippen molar-refractivity contribution < 1.29 is 19.2 Å². The predicted octanol–water partition coefficient (Wildman–Crippen LogP) is -1.56. The predicted molar refractivity (Wildman–Crippen MR) is 93.9 cm³/mol. The highest BCUT2D eigenvalue weighted by atomic mass is 16.2. The molecule has 1 aromatic heterocycles. The second-order valence-electron chi connectivity index (χ2n) is 7.15. The van der Waals surface area contributed by atoms with Gasteiger partial charge in [-0.2, -0.15) is 0 Å². The van der Waals surface area contributed by atoms with Gasteiger partial charge in [0, 0.05) is 31.3 Å². The maximum Gasteiger partial charge on any atom is 0.246 e. The summed E-state index contributed by atoms with van der Waals surface area (Å²) in [5, 5.41) is 5.31. The Kier molecular flexibility index (Phi) is 5.43. The summed E-state index contributed by atoms with van der Waals surface area (Å²) in [6, 6.07) is -2.23. The molecule has 4 amide bonds. The van der Waals surface area contributed by atoms with Crippen LogP contribution in [0.5, 0.6) is 0 Å². The highest BCUT2D eigenvalue weighted by Gasteiger charge is 2.41. The van der Waals surface area contributed by atoms with Gasteiger partial charge in [-0.25, -0.2) is 4.98 Å². The summed E-state index contributed by atoms with van der Waals surface area (Å²) in [5.74, 6) is -1.56. The summed E-state index contributed by atoms with van der Waals surface area (Å²) >= 11 is 0. The van der Waals surface area contributed by atoms with Crippen molar-refractivity contribution in [2.75, 3.05) is 6.54 Å². The topological polar surface area (TPSA) is 150 Å². The van der Waals surface area contributed by atoms with Gasteiger partial charge in [0.1, 0.15) is 18.1 Å². The smallest absolute Gasteiger partial charge is 0.246 e. The van der Waals surface area contributed by atoms with Crippen molar-refractivity contribution in [3.05, 3.63) is 18.2 Å². The first-order valence-corrected chi connectivity index (χ1v) is 9.03. The summed E-state index contributed by atoms with van der Waals surface area (Å²) in [4.78, 5) is 57.1. The van der Waals surface area contributed by atoms with Gasteiger partial charge in [0.15, 0.2) is 0 Å². The third-order valence-electron chi connectivity index (χ3n) is 5.18. The first-order valence-electron chi connectivity index (χ1n) is 9.03. The number of nitrogens with one attached hydrogen (secondary N) is 3. The number of amides is 4. The lowest BCUT2D eigenvalue weighted by Gasteiger charge is -2.29. The van der Waals surface area contributed by atoms with Crippen LogP contribution in [-0.4, -0.2) is 63.2 Å². The lowest BCUT2D eigenvalue weighted by atomic mass is 10.0. The first-order chi connectivity index (χ1) is 12.9. The van der Waals surface area contributed by atoms with E-state index in [1.807, 2.05) is 6.92 Å². The van der Waals surface area contributed by atoms with Crippen molar-refractivity contribution in [1.29, 1.82) is 0 Å². The van der Waals surface area contributed by atoms with Gasteiger partial charge in [0.25, 0.3) is 0 Å². The summed E-state index contributed by atoms with van der Waals surface area (Å²) < 4.78 is 0. The van der Waals surface area contributed by atoms with Crippen molar-refractivity contribution in [1.82, 2.24) is 25.5 Å². The molecule has 10 nitrogen and oxygen atoms in total. The molecule has 0 aromatic carbocycles. The van der Waals surface area contributed by atoms with E-state index < -0.39 is 29.9 Å². The van der Waals surface area contributed by atoms with Crippen LogP contribution in [-0.2, 0) is 25.6 Å². The van der Waals surface area contributed by atoms with Crippen molar-refractivity contribution in [2.45, 2.75) is 50.7 Å². The number of aromatic amines is 1. The second-order valence-corrected chi connectivity index (χ2v) is 7.15. The average molecular weight is 376 g/mol. The third-order valence-corrected chi connectivity index (χ3v) is 5.18. The normalized spacial score (nSPS) is 25.9. The minimum Gasteiger partial charge on any atom is -0.368 e. The van der Waals surface area contributed by atoms with Crippen LogP contribution in [0.15, 0.2) is 12.5 Å². The van der Waals surface area contributed by atoms with Gasteiger partial charge in [-0.05, 0) is 18.8 Å². The summed E-state index contributed by atoms with van der Waals surface area (Å²) in [6.07, 6.45) is 4.59. The van der Waals surface area contributed by atoms with Crippen molar-refractivity contribution in [2.24, 2.45) is 11.7 Å². The number of carbonyl (C=O) groups excluding carboxylic acids is 4. The Balaban J connectivity index is 1.76. The van der Waals surface area contributed by atoms with Crippen molar-refractivity contribution >= 4 is 23.6 Å². The Hall–Kier alpha value is -2.91. The number of nitrogens with two attached hydrogens (primary N) is 1. The van der Waals surface area contributed by atoms with Crippen molar-refractivity contribution in [3.8, 4) is 0 Å². The van der Waals surface area contributed by atoms with Gasteiger partial charge in [0.05, 0.1) is 6.33 Å². The number of likely N-dealkylation sites (tertiary alicyclic amines) is 1. The number of hydrogen-bond donors (Lipinski definition) is 4. The third kappa shape index (κ3) is 4.09. The zero-order chi connectivity index (χ0) is 19.6. The molecule has 0 aliphatic carbocycles. The number of primary amides is 1. The molecule has 10 heteroatoms.